The van der Waals surface area contributed by atoms with Gasteiger partial charge >= 0.3 is 0 Å². The van der Waals surface area contributed by atoms with Crippen LogP contribution in [0.4, 0.5) is 0 Å². The monoisotopic (exact) mass is 556 g/mol. The maximum Gasteiger partial charge on any atom is 0.132 e. The van der Waals surface area contributed by atoms with Gasteiger partial charge in [-0.25, -0.2) is 0 Å². The minimum absolute atomic E-state index is 0.271. The summed E-state index contributed by atoms with van der Waals surface area (Å²) in [6.07, 6.45) is 29.3. The molecule has 0 aromatic heterocycles. The molecular weight excluding hydrogens is 492 g/mol. The van der Waals surface area contributed by atoms with Gasteiger partial charge in [0.25, 0.3) is 0 Å². The summed E-state index contributed by atoms with van der Waals surface area (Å²) >= 11 is 0. The zero-order valence-corrected chi connectivity index (χ0v) is 26.9. The van der Waals surface area contributed by atoms with Gasteiger partial charge in [-0.15, -0.1) is 0 Å². The summed E-state index contributed by atoms with van der Waals surface area (Å²) in [5.41, 5.74) is 0.812. The molecule has 0 saturated heterocycles. The number of carbonyl (C=O) groups excluding carboxylic acids is 3. The van der Waals surface area contributed by atoms with Gasteiger partial charge in [-0.3, -0.25) is 14.4 Å². The summed E-state index contributed by atoms with van der Waals surface area (Å²) in [7, 11) is 0. The molecule has 4 rings (SSSR count). The van der Waals surface area contributed by atoms with E-state index in [1.54, 1.807) is 0 Å². The Kier molecular flexibility index (Phi) is 13.9. The van der Waals surface area contributed by atoms with Gasteiger partial charge in [0.15, 0.2) is 0 Å². The molecule has 4 aliphatic rings. The molecule has 230 valence electrons. The van der Waals surface area contributed by atoms with Crippen LogP contribution >= 0.6 is 0 Å². The minimum atomic E-state index is 0.271. The van der Waals surface area contributed by atoms with E-state index in [4.69, 9.17) is 0 Å². The molecule has 4 bridgehead atoms. The maximum absolute atomic E-state index is 12.9. The molecule has 0 aromatic carbocycles. The van der Waals surface area contributed by atoms with Crippen molar-refractivity contribution in [3.8, 4) is 0 Å². The summed E-state index contributed by atoms with van der Waals surface area (Å²) in [4.78, 5) is 38.7. The lowest BCUT2D eigenvalue weighted by Gasteiger charge is -2.67. The first kappa shape index (κ1) is 33.5. The predicted octanol–water partition coefficient (Wildman–Crippen LogP) is 10.9. The maximum atomic E-state index is 12.9. The van der Waals surface area contributed by atoms with E-state index in [1.165, 1.54) is 96.3 Å². The van der Waals surface area contributed by atoms with E-state index < -0.39 is 0 Å². The van der Waals surface area contributed by atoms with Crippen molar-refractivity contribution >= 4 is 17.3 Å². The van der Waals surface area contributed by atoms with Crippen LogP contribution in [-0.4, -0.2) is 17.3 Å². The highest BCUT2D eigenvalue weighted by Crippen LogP contribution is 2.73. The lowest BCUT2D eigenvalue weighted by atomic mass is 9.37. The molecule has 40 heavy (non-hydrogen) atoms. The van der Waals surface area contributed by atoms with Crippen LogP contribution in [0.1, 0.15) is 194 Å². The van der Waals surface area contributed by atoms with Crippen LogP contribution < -0.4 is 0 Å². The van der Waals surface area contributed by atoms with Gasteiger partial charge in [-0.2, -0.15) is 0 Å². The van der Waals surface area contributed by atoms with Gasteiger partial charge in [0.1, 0.15) is 17.3 Å². The van der Waals surface area contributed by atoms with E-state index in [9.17, 15) is 14.4 Å². The van der Waals surface area contributed by atoms with Crippen molar-refractivity contribution in [1.29, 1.82) is 0 Å². The molecule has 4 fully saturated rings. The fourth-order valence-electron chi connectivity index (χ4n) is 9.73. The third kappa shape index (κ3) is 10.4. The molecule has 0 amide bonds. The van der Waals surface area contributed by atoms with E-state index in [1.807, 2.05) is 0 Å². The molecule has 4 saturated carbocycles. The van der Waals surface area contributed by atoms with Crippen LogP contribution in [-0.2, 0) is 14.4 Å². The zero-order valence-electron chi connectivity index (χ0n) is 26.9. The number of hydrogen-bond donors (Lipinski definition) is 0. The fraction of sp³-hybridized carbons (Fsp3) is 0.919. The zero-order chi connectivity index (χ0) is 28.9. The third-order valence-electron chi connectivity index (χ3n) is 11.1. The highest BCUT2D eigenvalue weighted by Gasteiger charge is 2.62. The Morgan fingerprint density at radius 1 is 0.450 bits per heavy atom. The standard InChI is InChI=1S/C37H64O3/c1-4-7-10-13-16-32(38)19-22-35-25-31-26-36(28-35,23-20-33(39)17-14-11-8-5-2)30-37(27-31,29-35)24-21-34(40)18-15-12-9-6-3/h31H,4-30H2,1-3H3. The van der Waals surface area contributed by atoms with Crippen molar-refractivity contribution in [2.24, 2.45) is 22.2 Å². The van der Waals surface area contributed by atoms with Crippen LogP contribution in [0.15, 0.2) is 0 Å². The van der Waals surface area contributed by atoms with Gasteiger partial charge in [-0.1, -0.05) is 78.6 Å². The number of Topliss-reactive ketones (excluding diaryl/α,β-unsaturated/α-hetero) is 3. The second-order valence-electron chi connectivity index (χ2n) is 15.1. The second kappa shape index (κ2) is 16.6. The van der Waals surface area contributed by atoms with E-state index in [2.05, 4.69) is 20.8 Å². The Morgan fingerprint density at radius 3 is 1.02 bits per heavy atom. The van der Waals surface area contributed by atoms with Crippen LogP contribution in [0.3, 0.4) is 0 Å². The topological polar surface area (TPSA) is 51.2 Å². The molecule has 3 heteroatoms. The Labute approximate surface area is 247 Å². The normalized spacial score (nSPS) is 28.7. The van der Waals surface area contributed by atoms with Crippen LogP contribution in [0.2, 0.25) is 0 Å². The highest BCUT2D eigenvalue weighted by molar-refractivity contribution is 5.79. The molecule has 0 aliphatic heterocycles. The van der Waals surface area contributed by atoms with Gasteiger partial charge in [0.2, 0.25) is 0 Å². The number of unbranched alkanes of at least 4 members (excludes halogenated alkanes) is 9. The first-order valence-corrected chi connectivity index (χ1v) is 17.8. The molecule has 0 heterocycles. The summed E-state index contributed by atoms with van der Waals surface area (Å²) in [5, 5.41) is 0. The van der Waals surface area contributed by atoms with E-state index in [0.717, 1.165) is 83.0 Å². The average molecular weight is 557 g/mol. The summed E-state index contributed by atoms with van der Waals surface area (Å²) in [6, 6.07) is 0. The molecule has 0 unspecified atom stereocenters. The molecule has 0 aromatic rings. The van der Waals surface area contributed by atoms with E-state index >= 15 is 0 Å². The first-order valence-electron chi connectivity index (χ1n) is 17.8. The number of ketones is 3. The van der Waals surface area contributed by atoms with Gasteiger partial charge < -0.3 is 0 Å². The van der Waals surface area contributed by atoms with Crippen molar-refractivity contribution in [3.63, 3.8) is 0 Å². The summed E-state index contributed by atoms with van der Waals surface area (Å²) in [5.74, 6) is 2.15. The van der Waals surface area contributed by atoms with Gasteiger partial charge in [-0.05, 0) is 99.2 Å². The number of rotatable bonds is 24. The van der Waals surface area contributed by atoms with Gasteiger partial charge in [0.05, 0.1) is 0 Å². The van der Waals surface area contributed by atoms with Crippen molar-refractivity contribution in [1.82, 2.24) is 0 Å². The Balaban J connectivity index is 1.63. The molecule has 0 spiro atoms. The Morgan fingerprint density at radius 2 is 0.750 bits per heavy atom. The van der Waals surface area contributed by atoms with Crippen molar-refractivity contribution in [3.05, 3.63) is 0 Å². The van der Waals surface area contributed by atoms with Crippen molar-refractivity contribution in [2.45, 2.75) is 194 Å². The summed E-state index contributed by atoms with van der Waals surface area (Å²) in [6.45, 7) is 6.67. The van der Waals surface area contributed by atoms with Crippen molar-refractivity contribution < 1.29 is 14.4 Å². The largest absolute Gasteiger partial charge is 0.300 e. The molecular formula is C37H64O3. The molecule has 4 aliphatic carbocycles. The van der Waals surface area contributed by atoms with Gasteiger partial charge in [0, 0.05) is 38.5 Å². The quantitative estimate of drug-likeness (QED) is 0.111. The molecule has 0 radical (unpaired) electrons. The SMILES string of the molecule is CCCCCCC(=O)CCC12CC3CC(CCC(=O)CCCCCC)(C1)CC(CCC(=O)CCCCCC)(C3)C2. The molecule has 0 atom stereocenters. The number of hydrogen-bond acceptors (Lipinski definition) is 3. The predicted molar refractivity (Wildman–Crippen MR) is 167 cm³/mol. The second-order valence-corrected chi connectivity index (χ2v) is 15.1. The first-order chi connectivity index (χ1) is 19.3. The Bertz CT molecular complexity index is 685. The Hall–Kier alpha value is -0.990. The van der Waals surface area contributed by atoms with E-state index in [0.29, 0.717) is 17.3 Å². The molecule has 3 nitrogen and oxygen atoms in total. The minimum Gasteiger partial charge on any atom is -0.300 e. The van der Waals surface area contributed by atoms with Crippen LogP contribution in [0, 0.1) is 22.2 Å². The lowest BCUT2D eigenvalue weighted by Crippen LogP contribution is -2.57. The average Bonchev–Trinajstić information content (AvgIpc) is 2.92. The van der Waals surface area contributed by atoms with Crippen LogP contribution in [0.25, 0.3) is 0 Å². The van der Waals surface area contributed by atoms with Crippen LogP contribution in [0.5, 0.6) is 0 Å². The molecule has 0 N–H and O–H groups in total. The number of carbonyl (C=O) groups is 3. The fourth-order valence-corrected chi connectivity index (χ4v) is 9.73. The summed E-state index contributed by atoms with van der Waals surface area (Å²) < 4.78 is 0. The van der Waals surface area contributed by atoms with Crippen molar-refractivity contribution in [2.75, 3.05) is 0 Å². The third-order valence-corrected chi connectivity index (χ3v) is 11.1. The van der Waals surface area contributed by atoms with E-state index in [-0.39, 0.29) is 16.2 Å². The highest BCUT2D eigenvalue weighted by atomic mass is 16.1. The lowest BCUT2D eigenvalue weighted by molar-refractivity contribution is -0.171. The smallest absolute Gasteiger partial charge is 0.132 e.